The van der Waals surface area contributed by atoms with E-state index in [4.69, 9.17) is 9.47 Å². The first-order chi connectivity index (χ1) is 13.2. The fraction of sp³-hybridized carbons (Fsp3) is 0.300. The molecule has 142 valence electrons. The number of halogens is 1. The van der Waals surface area contributed by atoms with Gasteiger partial charge in [0.1, 0.15) is 0 Å². The highest BCUT2D eigenvalue weighted by atomic mass is 127. The Bertz CT molecular complexity index is 953. The van der Waals surface area contributed by atoms with Crippen molar-refractivity contribution < 1.29 is 9.47 Å². The van der Waals surface area contributed by atoms with Gasteiger partial charge in [0.15, 0.2) is 11.5 Å². The van der Waals surface area contributed by atoms with Crippen molar-refractivity contribution in [3.8, 4) is 11.5 Å². The maximum atomic E-state index is 5.72. The summed E-state index contributed by atoms with van der Waals surface area (Å²) in [5.41, 5.74) is 6.03. The number of para-hydroxylation sites is 2. The fourth-order valence-electron chi connectivity index (χ4n) is 2.86. The van der Waals surface area contributed by atoms with Gasteiger partial charge in [0, 0.05) is 6.54 Å². The molecule has 3 aromatic rings. The van der Waals surface area contributed by atoms with Crippen molar-refractivity contribution in [1.82, 2.24) is 9.55 Å². The van der Waals surface area contributed by atoms with Crippen LogP contribution in [0.15, 0.2) is 41.5 Å². The molecule has 0 aliphatic carbocycles. The van der Waals surface area contributed by atoms with E-state index >= 15 is 0 Å². The number of aryl methyl sites for hydroxylation is 1. The number of aromatic nitrogens is 2. The Morgan fingerprint density at radius 1 is 1.15 bits per heavy atom. The van der Waals surface area contributed by atoms with Crippen LogP contribution in [0.25, 0.3) is 11.0 Å². The molecule has 1 aromatic heterocycles. The molecule has 0 fully saturated rings. The minimum absolute atomic E-state index is 0.579. The quantitative estimate of drug-likeness (QED) is 0.284. The molecule has 0 amide bonds. The van der Waals surface area contributed by atoms with Crippen molar-refractivity contribution in [3.63, 3.8) is 0 Å². The Hall–Kier alpha value is -2.29. The van der Waals surface area contributed by atoms with Crippen LogP contribution >= 0.6 is 22.6 Å². The van der Waals surface area contributed by atoms with Crippen LogP contribution in [0.4, 0.5) is 5.95 Å². The lowest BCUT2D eigenvalue weighted by molar-refractivity contribution is 0.286. The van der Waals surface area contributed by atoms with Gasteiger partial charge in [0.2, 0.25) is 5.95 Å². The van der Waals surface area contributed by atoms with E-state index in [9.17, 15) is 0 Å². The first-order valence-corrected chi connectivity index (χ1v) is 10.1. The number of imidazole rings is 1. The summed E-state index contributed by atoms with van der Waals surface area (Å²) in [7, 11) is 0. The molecule has 0 atom stereocenters. The van der Waals surface area contributed by atoms with E-state index in [1.165, 1.54) is 0 Å². The zero-order valence-corrected chi connectivity index (χ0v) is 17.9. The summed E-state index contributed by atoms with van der Waals surface area (Å²) in [5.74, 6) is 2.23. The Labute approximate surface area is 172 Å². The third-order valence-electron chi connectivity index (χ3n) is 3.97. The summed E-state index contributed by atoms with van der Waals surface area (Å²) in [6.45, 7) is 8.00. The number of nitrogens with zero attached hydrogens (tertiary/aromatic N) is 3. The summed E-state index contributed by atoms with van der Waals surface area (Å²) in [4.78, 5) is 4.61. The molecule has 7 heteroatoms. The molecule has 0 unspecified atom stereocenters. The molecule has 3 rings (SSSR count). The van der Waals surface area contributed by atoms with Crippen molar-refractivity contribution in [3.05, 3.63) is 45.5 Å². The van der Waals surface area contributed by atoms with Crippen LogP contribution < -0.4 is 14.9 Å². The largest absolute Gasteiger partial charge is 0.490 e. The SMILES string of the molecule is CCOc1cc(/C=N\Nc2nc3ccccc3n2CC)cc(I)c1OCC. The van der Waals surface area contributed by atoms with Gasteiger partial charge in [-0.15, -0.1) is 0 Å². The zero-order valence-electron chi connectivity index (χ0n) is 15.7. The monoisotopic (exact) mass is 478 g/mol. The van der Waals surface area contributed by atoms with E-state index in [1.54, 1.807) is 6.21 Å². The van der Waals surface area contributed by atoms with Gasteiger partial charge in [0.05, 0.1) is 34.0 Å². The highest BCUT2D eigenvalue weighted by molar-refractivity contribution is 14.1. The number of rotatable bonds is 8. The second-order valence-corrected chi connectivity index (χ2v) is 6.90. The predicted octanol–water partition coefficient (Wildman–Crippen LogP) is 4.90. The number of hydrogen-bond acceptors (Lipinski definition) is 5. The van der Waals surface area contributed by atoms with Crippen molar-refractivity contribution in [2.24, 2.45) is 5.10 Å². The lowest BCUT2D eigenvalue weighted by Gasteiger charge is -2.13. The molecule has 0 radical (unpaired) electrons. The van der Waals surface area contributed by atoms with Gasteiger partial charge in [-0.3, -0.25) is 0 Å². The lowest BCUT2D eigenvalue weighted by atomic mass is 10.2. The summed E-state index contributed by atoms with van der Waals surface area (Å²) >= 11 is 2.26. The van der Waals surface area contributed by atoms with Gasteiger partial charge >= 0.3 is 0 Å². The molecule has 0 aliphatic heterocycles. The highest BCUT2D eigenvalue weighted by Crippen LogP contribution is 2.33. The molecular formula is C20H23IN4O2. The van der Waals surface area contributed by atoms with Crippen LogP contribution in [0.5, 0.6) is 11.5 Å². The number of benzene rings is 2. The fourth-order valence-corrected chi connectivity index (χ4v) is 3.64. The van der Waals surface area contributed by atoms with E-state index < -0.39 is 0 Å². The first kappa shape index (κ1) is 19.5. The molecule has 0 saturated heterocycles. The number of anilines is 1. The number of fused-ring (bicyclic) bond motifs is 1. The smallest absolute Gasteiger partial charge is 0.224 e. The highest BCUT2D eigenvalue weighted by Gasteiger charge is 2.11. The third kappa shape index (κ3) is 4.35. The lowest BCUT2D eigenvalue weighted by Crippen LogP contribution is -2.03. The van der Waals surface area contributed by atoms with E-state index in [2.05, 4.69) is 55.7 Å². The minimum atomic E-state index is 0.579. The van der Waals surface area contributed by atoms with Gasteiger partial charge < -0.3 is 14.0 Å². The second kappa shape index (κ2) is 9.07. The van der Waals surface area contributed by atoms with E-state index in [-0.39, 0.29) is 0 Å². The number of hydrogen-bond donors (Lipinski definition) is 1. The Balaban J connectivity index is 1.84. The molecule has 27 heavy (non-hydrogen) atoms. The molecule has 1 heterocycles. The number of nitrogens with one attached hydrogen (secondary N) is 1. The molecule has 0 saturated carbocycles. The Morgan fingerprint density at radius 3 is 2.67 bits per heavy atom. The number of hydrazone groups is 1. The van der Waals surface area contributed by atoms with Gasteiger partial charge in [-0.05, 0) is 73.2 Å². The van der Waals surface area contributed by atoms with Crippen molar-refractivity contribution in [2.45, 2.75) is 27.3 Å². The van der Waals surface area contributed by atoms with Crippen LogP contribution in [-0.2, 0) is 6.54 Å². The number of ether oxygens (including phenoxy) is 2. The average molecular weight is 478 g/mol. The molecule has 2 aromatic carbocycles. The molecular weight excluding hydrogens is 455 g/mol. The van der Waals surface area contributed by atoms with E-state index in [0.29, 0.717) is 13.2 Å². The molecule has 0 spiro atoms. The normalized spacial score (nSPS) is 11.3. The average Bonchev–Trinajstić information content (AvgIpc) is 3.02. The molecule has 6 nitrogen and oxygen atoms in total. The zero-order chi connectivity index (χ0) is 19.2. The second-order valence-electron chi connectivity index (χ2n) is 5.73. The van der Waals surface area contributed by atoms with Gasteiger partial charge in [-0.2, -0.15) is 5.10 Å². The van der Waals surface area contributed by atoms with E-state index in [0.717, 1.165) is 44.2 Å². The van der Waals surface area contributed by atoms with Crippen LogP contribution in [0, 0.1) is 3.57 Å². The van der Waals surface area contributed by atoms with Gasteiger partial charge in [0.25, 0.3) is 0 Å². The van der Waals surface area contributed by atoms with Crippen LogP contribution in [-0.4, -0.2) is 29.0 Å². The summed E-state index contributed by atoms with van der Waals surface area (Å²) in [6.07, 6.45) is 1.76. The summed E-state index contributed by atoms with van der Waals surface area (Å²) < 4.78 is 14.5. The first-order valence-electron chi connectivity index (χ1n) is 9.01. The topological polar surface area (TPSA) is 60.7 Å². The Kier molecular flexibility index (Phi) is 6.54. The third-order valence-corrected chi connectivity index (χ3v) is 4.77. The summed E-state index contributed by atoms with van der Waals surface area (Å²) in [5, 5.41) is 4.38. The van der Waals surface area contributed by atoms with Crippen LogP contribution in [0.3, 0.4) is 0 Å². The van der Waals surface area contributed by atoms with Crippen LogP contribution in [0.2, 0.25) is 0 Å². The standard InChI is InChI=1S/C20H23IN4O2/c1-4-25-17-10-8-7-9-16(17)23-20(25)24-22-13-14-11-15(21)19(27-6-3)18(12-14)26-5-2/h7-13H,4-6H2,1-3H3,(H,23,24)/b22-13-. The van der Waals surface area contributed by atoms with Crippen molar-refractivity contribution in [2.75, 3.05) is 18.6 Å². The van der Waals surface area contributed by atoms with Gasteiger partial charge in [-0.1, -0.05) is 12.1 Å². The van der Waals surface area contributed by atoms with Crippen molar-refractivity contribution in [1.29, 1.82) is 0 Å². The predicted molar refractivity (Wildman–Crippen MR) is 118 cm³/mol. The molecule has 0 bridgehead atoms. The molecule has 0 aliphatic rings. The maximum Gasteiger partial charge on any atom is 0.224 e. The van der Waals surface area contributed by atoms with Gasteiger partial charge in [-0.25, -0.2) is 10.4 Å². The minimum Gasteiger partial charge on any atom is -0.490 e. The van der Waals surface area contributed by atoms with E-state index in [1.807, 2.05) is 44.2 Å². The Morgan fingerprint density at radius 2 is 1.93 bits per heavy atom. The maximum absolute atomic E-state index is 5.72. The summed E-state index contributed by atoms with van der Waals surface area (Å²) in [6, 6.07) is 12.0. The van der Waals surface area contributed by atoms with Crippen LogP contribution in [0.1, 0.15) is 26.3 Å². The van der Waals surface area contributed by atoms with Crippen molar-refractivity contribution >= 4 is 45.8 Å². The molecule has 1 N–H and O–H groups in total.